The fraction of sp³-hybridized carbons (Fsp3) is 0.261. The molecule has 0 bridgehead atoms. The van der Waals surface area contributed by atoms with Crippen LogP contribution in [0.15, 0.2) is 47.8 Å². The molecule has 1 aliphatic rings. The normalized spacial score (nSPS) is 12.7. The zero-order valence-corrected chi connectivity index (χ0v) is 18.7. The number of ether oxygens (including phenoxy) is 2. The van der Waals surface area contributed by atoms with Gasteiger partial charge in [0, 0.05) is 29.7 Å². The quantitative estimate of drug-likeness (QED) is 0.292. The van der Waals surface area contributed by atoms with Crippen LogP contribution < -0.4 is 9.64 Å². The monoisotopic (exact) mass is 467 g/mol. The van der Waals surface area contributed by atoms with E-state index >= 15 is 0 Å². The molecule has 3 aromatic rings. The Morgan fingerprint density at radius 2 is 2.00 bits per heavy atom. The number of hydrogen-bond donors (Lipinski definition) is 0. The fourth-order valence-corrected chi connectivity index (χ4v) is 4.16. The summed E-state index contributed by atoms with van der Waals surface area (Å²) in [5, 5.41) is 13.9. The van der Waals surface area contributed by atoms with Crippen molar-refractivity contribution in [2.24, 2.45) is 0 Å². The van der Waals surface area contributed by atoms with E-state index < -0.39 is 17.5 Å². The van der Waals surface area contributed by atoms with Gasteiger partial charge in [-0.15, -0.1) is 11.3 Å². The lowest BCUT2D eigenvalue weighted by atomic mass is 10.0. The van der Waals surface area contributed by atoms with E-state index in [1.54, 1.807) is 41.7 Å². The summed E-state index contributed by atoms with van der Waals surface area (Å²) in [5.41, 5.74) is 2.48. The molecule has 4 rings (SSSR count). The Morgan fingerprint density at radius 1 is 1.21 bits per heavy atom. The average molecular weight is 468 g/mol. The van der Waals surface area contributed by atoms with Crippen molar-refractivity contribution in [1.29, 1.82) is 0 Å². The van der Waals surface area contributed by atoms with Crippen molar-refractivity contribution >= 4 is 34.6 Å². The molecule has 0 saturated heterocycles. The maximum Gasteiger partial charge on any atom is 0.338 e. The molecule has 1 aromatic heterocycles. The molecule has 2 aromatic carbocycles. The lowest BCUT2D eigenvalue weighted by Gasteiger charge is -2.29. The largest absolute Gasteiger partial charge is 0.487 e. The lowest BCUT2D eigenvalue weighted by molar-refractivity contribution is -0.384. The highest BCUT2D eigenvalue weighted by Crippen LogP contribution is 2.30. The molecule has 33 heavy (non-hydrogen) atoms. The Balaban J connectivity index is 1.32. The summed E-state index contributed by atoms with van der Waals surface area (Å²) in [6.07, 6.45) is 1.33. The highest BCUT2D eigenvalue weighted by molar-refractivity contribution is 7.09. The zero-order valence-electron chi connectivity index (χ0n) is 17.9. The summed E-state index contributed by atoms with van der Waals surface area (Å²) in [7, 11) is 0. The first kappa shape index (κ1) is 22.4. The van der Waals surface area contributed by atoms with Crippen molar-refractivity contribution in [3.05, 3.63) is 79.8 Å². The van der Waals surface area contributed by atoms with Crippen molar-refractivity contribution in [2.45, 2.75) is 26.4 Å². The van der Waals surface area contributed by atoms with E-state index in [0.29, 0.717) is 43.0 Å². The maximum absolute atomic E-state index is 12.7. The van der Waals surface area contributed by atoms with E-state index in [1.165, 1.54) is 17.0 Å². The van der Waals surface area contributed by atoms with Gasteiger partial charge in [-0.2, -0.15) is 0 Å². The molecule has 0 spiro atoms. The first-order chi connectivity index (χ1) is 15.9. The number of carbonyl (C=O) groups is 2. The first-order valence-corrected chi connectivity index (χ1v) is 11.2. The van der Waals surface area contributed by atoms with E-state index in [1.807, 2.05) is 12.3 Å². The molecule has 170 valence electrons. The fourth-order valence-electron chi connectivity index (χ4n) is 3.56. The highest BCUT2D eigenvalue weighted by Gasteiger charge is 2.25. The van der Waals surface area contributed by atoms with Crippen LogP contribution in [0.1, 0.15) is 33.0 Å². The summed E-state index contributed by atoms with van der Waals surface area (Å²) in [5.74, 6) is -0.407. The molecule has 0 atom stereocenters. The van der Waals surface area contributed by atoms with E-state index in [2.05, 4.69) is 4.98 Å². The molecular weight excluding hydrogens is 446 g/mol. The predicted molar refractivity (Wildman–Crippen MR) is 122 cm³/mol. The second-order valence-corrected chi connectivity index (χ2v) is 8.53. The van der Waals surface area contributed by atoms with Gasteiger partial charge >= 0.3 is 5.97 Å². The van der Waals surface area contributed by atoms with Gasteiger partial charge in [0.05, 0.1) is 21.2 Å². The molecule has 0 radical (unpaired) electrons. The number of nitro benzene ring substituents is 1. The Hall–Kier alpha value is -3.79. The van der Waals surface area contributed by atoms with Gasteiger partial charge in [-0.1, -0.05) is 0 Å². The minimum absolute atomic E-state index is 0.0106. The van der Waals surface area contributed by atoms with Crippen LogP contribution in [0.4, 0.5) is 11.4 Å². The topological polar surface area (TPSA) is 112 Å². The molecule has 9 nitrogen and oxygen atoms in total. The van der Waals surface area contributed by atoms with Crippen molar-refractivity contribution in [3.8, 4) is 5.75 Å². The summed E-state index contributed by atoms with van der Waals surface area (Å²) < 4.78 is 10.9. The summed E-state index contributed by atoms with van der Waals surface area (Å²) in [6, 6.07) is 10.9. The highest BCUT2D eigenvalue weighted by atomic mass is 32.1. The number of anilines is 1. The number of rotatable bonds is 7. The number of nitrogens with zero attached hydrogens (tertiary/aromatic N) is 3. The van der Waals surface area contributed by atoms with Crippen LogP contribution in [-0.2, 0) is 22.6 Å². The molecule has 0 N–H and O–H groups in total. The van der Waals surface area contributed by atoms with Crippen molar-refractivity contribution in [3.63, 3.8) is 0 Å². The number of hydrogen-bond acceptors (Lipinski definition) is 8. The number of fused-ring (bicyclic) bond motifs is 1. The first-order valence-electron chi connectivity index (χ1n) is 10.3. The molecular formula is C23H21N3O6S. The molecule has 0 aliphatic carbocycles. The van der Waals surface area contributed by atoms with E-state index in [0.717, 1.165) is 16.3 Å². The standard InChI is InChI=1S/C23H21N3O6S/c1-15-24-18(14-33-15)12-31-20-7-4-16(5-8-20)23(28)32-13-22(27)25-10-2-3-17-11-19(26(29)30)6-9-21(17)25/h4-9,11,14H,2-3,10,12-13H2,1H3. The Bertz CT molecular complexity index is 1190. The summed E-state index contributed by atoms with van der Waals surface area (Å²) in [4.78, 5) is 41.4. The van der Waals surface area contributed by atoms with Gasteiger partial charge < -0.3 is 14.4 Å². The smallest absolute Gasteiger partial charge is 0.338 e. The number of aryl methyl sites for hydroxylation is 2. The number of thiazole rings is 1. The van der Waals surface area contributed by atoms with Gasteiger partial charge in [-0.3, -0.25) is 14.9 Å². The van der Waals surface area contributed by atoms with Gasteiger partial charge in [0.1, 0.15) is 12.4 Å². The minimum atomic E-state index is -0.619. The van der Waals surface area contributed by atoms with Crippen LogP contribution in [-0.4, -0.2) is 34.9 Å². The Labute approximate surface area is 193 Å². The van der Waals surface area contributed by atoms with Gasteiger partial charge in [-0.05, 0) is 55.7 Å². The number of carbonyl (C=O) groups excluding carboxylic acids is 2. The van der Waals surface area contributed by atoms with Crippen molar-refractivity contribution < 1.29 is 24.0 Å². The molecule has 0 fully saturated rings. The SMILES string of the molecule is Cc1nc(COc2ccc(C(=O)OCC(=O)N3CCCc4cc([N+](=O)[O-])ccc43)cc2)cs1. The number of amides is 1. The number of benzene rings is 2. The Kier molecular flexibility index (Phi) is 6.64. The van der Waals surface area contributed by atoms with Gasteiger partial charge in [0.2, 0.25) is 0 Å². The Morgan fingerprint density at radius 3 is 2.70 bits per heavy atom. The van der Waals surface area contributed by atoms with E-state index in [9.17, 15) is 19.7 Å². The van der Waals surface area contributed by atoms with Gasteiger partial charge in [0.25, 0.3) is 11.6 Å². The summed E-state index contributed by atoms with van der Waals surface area (Å²) >= 11 is 1.55. The second-order valence-electron chi connectivity index (χ2n) is 7.47. The van der Waals surface area contributed by atoms with Crippen LogP contribution in [0.3, 0.4) is 0 Å². The minimum Gasteiger partial charge on any atom is -0.487 e. The zero-order chi connectivity index (χ0) is 23.4. The van der Waals surface area contributed by atoms with Crippen molar-refractivity contribution in [1.82, 2.24) is 4.98 Å². The van der Waals surface area contributed by atoms with Crippen LogP contribution in [0, 0.1) is 17.0 Å². The van der Waals surface area contributed by atoms with Crippen LogP contribution in [0.25, 0.3) is 0 Å². The number of aromatic nitrogens is 1. The number of esters is 1. The predicted octanol–water partition coefficient (Wildman–Crippen LogP) is 4.07. The van der Waals surface area contributed by atoms with Crippen LogP contribution in [0.2, 0.25) is 0 Å². The van der Waals surface area contributed by atoms with Gasteiger partial charge in [0.15, 0.2) is 6.61 Å². The molecule has 1 aliphatic heterocycles. The van der Waals surface area contributed by atoms with Crippen LogP contribution >= 0.6 is 11.3 Å². The lowest BCUT2D eigenvalue weighted by Crippen LogP contribution is -2.38. The molecule has 2 heterocycles. The molecule has 0 unspecified atom stereocenters. The second kappa shape index (κ2) is 9.78. The average Bonchev–Trinajstić information content (AvgIpc) is 3.25. The number of non-ortho nitro benzene ring substituents is 1. The van der Waals surface area contributed by atoms with Crippen molar-refractivity contribution in [2.75, 3.05) is 18.1 Å². The van der Waals surface area contributed by atoms with Gasteiger partial charge in [-0.25, -0.2) is 9.78 Å². The third-order valence-corrected chi connectivity index (χ3v) is 5.99. The third kappa shape index (κ3) is 5.35. The maximum atomic E-state index is 12.7. The molecule has 10 heteroatoms. The molecule has 0 saturated carbocycles. The van der Waals surface area contributed by atoms with E-state index in [-0.39, 0.29) is 11.6 Å². The third-order valence-electron chi connectivity index (χ3n) is 5.16. The number of nitro groups is 1. The summed E-state index contributed by atoms with van der Waals surface area (Å²) in [6.45, 7) is 2.31. The molecule has 1 amide bonds. The van der Waals surface area contributed by atoms with Crippen LogP contribution in [0.5, 0.6) is 5.75 Å². The van der Waals surface area contributed by atoms with E-state index in [4.69, 9.17) is 9.47 Å².